The van der Waals surface area contributed by atoms with Gasteiger partial charge >= 0.3 is 0 Å². The van der Waals surface area contributed by atoms with Crippen molar-refractivity contribution in [2.45, 2.75) is 160 Å². The largest absolute Gasteiger partial charge is 0.343 e. The fourth-order valence-electron chi connectivity index (χ4n) is 11.7. The Kier molecular flexibility index (Phi) is 17.2. The van der Waals surface area contributed by atoms with Gasteiger partial charge in [0.2, 0.25) is 29.4 Å². The van der Waals surface area contributed by atoms with Crippen molar-refractivity contribution in [3.8, 4) is 0 Å². The molecule has 368 valence electrons. The zero-order valence-electron chi connectivity index (χ0n) is 41.0. The van der Waals surface area contributed by atoms with Crippen LogP contribution in [0.5, 0.6) is 0 Å². The lowest BCUT2D eigenvalue weighted by atomic mass is 9.83. The molecule has 8 rings (SSSR count). The van der Waals surface area contributed by atoms with E-state index >= 15 is 0 Å². The number of carbonyl (C=O) groups is 5. The number of rotatable bonds is 18. The molecule has 4 N–H and O–H groups in total. The summed E-state index contributed by atoms with van der Waals surface area (Å²) in [6.07, 6.45) is 15.0. The van der Waals surface area contributed by atoms with E-state index in [1.54, 1.807) is 7.05 Å². The number of thiazole rings is 1. The van der Waals surface area contributed by atoms with Crippen LogP contribution in [0.4, 0.5) is 0 Å². The molecule has 4 heterocycles. The summed E-state index contributed by atoms with van der Waals surface area (Å²) >= 11 is 1.44. The summed E-state index contributed by atoms with van der Waals surface area (Å²) in [7, 11) is 1.78. The van der Waals surface area contributed by atoms with Crippen LogP contribution in [0.1, 0.15) is 148 Å². The molecule has 3 saturated heterocycles. The lowest BCUT2D eigenvalue weighted by molar-refractivity contribution is -0.140. The Morgan fingerprint density at radius 3 is 2.06 bits per heavy atom. The number of fused-ring (bicyclic) bond motifs is 1. The van der Waals surface area contributed by atoms with Crippen molar-refractivity contribution in [2.75, 3.05) is 39.8 Å². The highest BCUT2D eigenvalue weighted by Crippen LogP contribution is 2.38. The first kappa shape index (κ1) is 49.9. The van der Waals surface area contributed by atoms with E-state index in [1.807, 2.05) is 55.3 Å². The SMILES string of the molecule is CN[C@@H](C)C(=O)N[C@H](C(=O)N1CC[C@H]2CCN(CCc3cccc(CN[C@@H](C)C(=O)N[C@H](C(=O)N4CCC[C@H]4c4nc(C(=O)c5cccc(C)c5)cs4)C4CCCCC4)c3)C[C@H]21)C1CCCCC1. The summed E-state index contributed by atoms with van der Waals surface area (Å²) in [6.45, 7) is 10.3. The number of amides is 4. The van der Waals surface area contributed by atoms with Crippen molar-refractivity contribution in [2.24, 2.45) is 17.8 Å². The van der Waals surface area contributed by atoms with Gasteiger partial charge in [-0.15, -0.1) is 11.3 Å². The summed E-state index contributed by atoms with van der Waals surface area (Å²) in [5, 5.41) is 15.5. The lowest BCUT2D eigenvalue weighted by Gasteiger charge is -2.41. The summed E-state index contributed by atoms with van der Waals surface area (Å²) in [6, 6.07) is 14.1. The standard InChI is InChI=1S/C54H76N8O5S/c1-35-14-11-21-43(30-35)49(63)44-34-68-52(57-44)45-22-13-26-61(45)53(66)47(41-17-7-5-8-18-41)59-51(65)37(3)56-32-39-16-12-15-38(31-39)23-27-60-28-24-40-25-29-62(46(40)33-60)54(67)48(42-19-9-6-10-20-42)58-50(64)36(2)55-4/h11-12,14-16,21,30-31,34,36-37,40-42,45-48,55-56H,5-10,13,17-20,22-29,32-33H2,1-4H3,(H,58,64)(H,59,65)/t36-,37-,40+,45-,46+,47-,48-/m0/s1. The van der Waals surface area contributed by atoms with E-state index in [0.717, 1.165) is 132 Å². The molecule has 7 atom stereocenters. The van der Waals surface area contributed by atoms with Crippen molar-refractivity contribution in [3.05, 3.63) is 86.9 Å². The number of ketones is 1. The first-order valence-corrected chi connectivity index (χ1v) is 26.8. The predicted octanol–water partition coefficient (Wildman–Crippen LogP) is 6.73. The molecule has 2 aromatic carbocycles. The number of carbonyl (C=O) groups excluding carboxylic acids is 5. The zero-order chi connectivity index (χ0) is 47.7. The molecule has 5 fully saturated rings. The normalized spacial score (nSPS) is 23.4. The van der Waals surface area contributed by atoms with Crippen molar-refractivity contribution in [1.82, 2.24) is 41.0 Å². The molecule has 2 aliphatic carbocycles. The smallest absolute Gasteiger partial charge is 0.246 e. The Morgan fingerprint density at radius 2 is 1.37 bits per heavy atom. The molecule has 3 aromatic rings. The van der Waals surface area contributed by atoms with Crippen LogP contribution in [0.2, 0.25) is 0 Å². The second-order valence-electron chi connectivity index (χ2n) is 20.6. The zero-order valence-corrected chi connectivity index (χ0v) is 41.8. The van der Waals surface area contributed by atoms with Gasteiger partial charge < -0.3 is 36.0 Å². The maximum atomic E-state index is 14.6. The molecule has 68 heavy (non-hydrogen) atoms. The van der Waals surface area contributed by atoms with Crippen molar-refractivity contribution in [3.63, 3.8) is 0 Å². The maximum absolute atomic E-state index is 14.6. The van der Waals surface area contributed by atoms with E-state index < -0.39 is 18.1 Å². The maximum Gasteiger partial charge on any atom is 0.246 e. The Balaban J connectivity index is 0.846. The summed E-state index contributed by atoms with van der Waals surface area (Å²) in [5.74, 6) is 0.425. The Hall–Kier alpha value is -4.50. The fraction of sp³-hybridized carbons (Fsp3) is 0.630. The molecular formula is C54H76N8O5S. The second kappa shape index (κ2) is 23.4. The minimum Gasteiger partial charge on any atom is -0.343 e. The summed E-state index contributed by atoms with van der Waals surface area (Å²) in [4.78, 5) is 80.7. The third-order valence-electron chi connectivity index (χ3n) is 16.0. The average molecular weight is 949 g/mol. The monoisotopic (exact) mass is 949 g/mol. The van der Waals surface area contributed by atoms with Crippen molar-refractivity contribution >= 4 is 40.7 Å². The molecule has 0 unspecified atom stereocenters. The van der Waals surface area contributed by atoms with Crippen LogP contribution in [-0.4, -0.2) is 119 Å². The van der Waals surface area contributed by atoms with Gasteiger partial charge in [-0.25, -0.2) is 4.98 Å². The average Bonchev–Trinajstić information content (AvgIpc) is 4.16. The van der Waals surface area contributed by atoms with Crippen LogP contribution in [0, 0.1) is 24.7 Å². The topological polar surface area (TPSA) is 156 Å². The molecular weight excluding hydrogens is 873 g/mol. The highest BCUT2D eigenvalue weighted by Gasteiger charge is 2.45. The first-order chi connectivity index (χ1) is 33.0. The molecule has 13 nitrogen and oxygen atoms in total. The van der Waals surface area contributed by atoms with Crippen LogP contribution < -0.4 is 21.3 Å². The van der Waals surface area contributed by atoms with E-state index in [4.69, 9.17) is 4.98 Å². The highest BCUT2D eigenvalue weighted by atomic mass is 32.1. The molecule has 3 aliphatic heterocycles. The number of piperidine rings is 1. The Morgan fingerprint density at radius 1 is 0.721 bits per heavy atom. The van der Waals surface area contributed by atoms with Crippen LogP contribution in [-0.2, 0) is 32.1 Å². The van der Waals surface area contributed by atoms with Gasteiger partial charge in [0.15, 0.2) is 0 Å². The fourth-order valence-corrected chi connectivity index (χ4v) is 12.7. The Bertz CT molecular complexity index is 2220. The van der Waals surface area contributed by atoms with E-state index in [0.29, 0.717) is 30.3 Å². The number of benzene rings is 2. The van der Waals surface area contributed by atoms with Gasteiger partial charge in [0.1, 0.15) is 22.8 Å². The third kappa shape index (κ3) is 12.1. The molecule has 1 aromatic heterocycles. The molecule has 0 spiro atoms. The van der Waals surface area contributed by atoms with Gasteiger partial charge in [0.25, 0.3) is 0 Å². The van der Waals surface area contributed by atoms with Gasteiger partial charge in [-0.2, -0.15) is 0 Å². The number of aryl methyl sites for hydroxylation is 1. The number of nitrogens with one attached hydrogen (secondary N) is 4. The van der Waals surface area contributed by atoms with Crippen LogP contribution in [0.25, 0.3) is 0 Å². The minimum absolute atomic E-state index is 0.0437. The van der Waals surface area contributed by atoms with E-state index in [-0.39, 0.29) is 59.4 Å². The van der Waals surface area contributed by atoms with Crippen LogP contribution in [0.15, 0.2) is 53.9 Å². The third-order valence-corrected chi connectivity index (χ3v) is 16.9. The summed E-state index contributed by atoms with van der Waals surface area (Å²) in [5.41, 5.74) is 4.36. The van der Waals surface area contributed by atoms with E-state index in [1.165, 1.54) is 23.3 Å². The van der Waals surface area contributed by atoms with Gasteiger partial charge in [-0.3, -0.25) is 24.0 Å². The van der Waals surface area contributed by atoms with Crippen molar-refractivity contribution < 1.29 is 24.0 Å². The molecule has 0 bridgehead atoms. The van der Waals surface area contributed by atoms with Gasteiger partial charge in [0.05, 0.1) is 18.1 Å². The van der Waals surface area contributed by atoms with Crippen molar-refractivity contribution in [1.29, 1.82) is 0 Å². The molecule has 2 saturated carbocycles. The molecule has 4 amide bonds. The number of nitrogens with zero attached hydrogens (tertiary/aromatic N) is 4. The van der Waals surface area contributed by atoms with Crippen LogP contribution >= 0.6 is 11.3 Å². The number of hydrogen-bond acceptors (Lipinski definition) is 10. The summed E-state index contributed by atoms with van der Waals surface area (Å²) < 4.78 is 0. The quantitative estimate of drug-likeness (QED) is 0.102. The van der Waals surface area contributed by atoms with Gasteiger partial charge in [0, 0.05) is 49.7 Å². The number of hydrogen-bond donors (Lipinski definition) is 4. The number of likely N-dealkylation sites (tertiary alicyclic amines) is 3. The van der Waals surface area contributed by atoms with Gasteiger partial charge in [-0.1, -0.05) is 86.6 Å². The number of aromatic nitrogens is 1. The number of likely N-dealkylation sites (N-methyl/N-ethyl adjacent to an activating group) is 1. The molecule has 5 aliphatic rings. The molecule has 0 radical (unpaired) electrons. The minimum atomic E-state index is -0.616. The first-order valence-electron chi connectivity index (χ1n) is 26.0. The second-order valence-corrected chi connectivity index (χ2v) is 21.5. The van der Waals surface area contributed by atoms with Gasteiger partial charge in [-0.05, 0) is 127 Å². The van der Waals surface area contributed by atoms with Crippen LogP contribution in [0.3, 0.4) is 0 Å². The molecule has 14 heteroatoms. The highest BCUT2D eigenvalue weighted by molar-refractivity contribution is 7.10. The lowest BCUT2D eigenvalue weighted by Crippen LogP contribution is -2.58. The van der Waals surface area contributed by atoms with E-state index in [2.05, 4.69) is 55.3 Å². The Labute approximate surface area is 408 Å². The predicted molar refractivity (Wildman–Crippen MR) is 267 cm³/mol. The van der Waals surface area contributed by atoms with E-state index in [9.17, 15) is 24.0 Å².